The molecule has 2 atom stereocenters. The van der Waals surface area contributed by atoms with E-state index in [0.717, 1.165) is 22.6 Å². The van der Waals surface area contributed by atoms with Gasteiger partial charge in [0.2, 0.25) is 6.79 Å². The number of pyridine rings is 1. The van der Waals surface area contributed by atoms with Gasteiger partial charge < -0.3 is 19.9 Å². The van der Waals surface area contributed by atoms with Crippen LogP contribution in [0.2, 0.25) is 0 Å². The molecule has 2 heterocycles. The fraction of sp³-hybridized carbons (Fsp3) is 0.312. The van der Waals surface area contributed by atoms with E-state index in [1.54, 1.807) is 12.4 Å². The highest BCUT2D eigenvalue weighted by Crippen LogP contribution is 2.33. The van der Waals surface area contributed by atoms with Crippen LogP contribution in [-0.4, -0.2) is 17.8 Å². The second-order valence-corrected chi connectivity index (χ2v) is 5.06. The van der Waals surface area contributed by atoms with Crippen LogP contribution >= 0.6 is 0 Å². The van der Waals surface area contributed by atoms with Crippen molar-refractivity contribution < 1.29 is 14.2 Å². The van der Waals surface area contributed by atoms with Gasteiger partial charge >= 0.3 is 0 Å². The molecule has 1 aromatic heterocycles. The molecule has 0 saturated carbocycles. The fourth-order valence-corrected chi connectivity index (χ4v) is 2.32. The number of rotatable bonds is 5. The minimum Gasteiger partial charge on any atom is -0.454 e. The first-order valence-electron chi connectivity index (χ1n) is 6.89. The van der Waals surface area contributed by atoms with Crippen molar-refractivity contribution in [3.63, 3.8) is 0 Å². The second-order valence-electron chi connectivity index (χ2n) is 5.06. The van der Waals surface area contributed by atoms with Gasteiger partial charge in [-0.2, -0.15) is 0 Å². The normalized spacial score (nSPS) is 15.7. The molecule has 2 unspecified atom stereocenters. The highest BCUT2D eigenvalue weighted by Gasteiger charge is 2.18. The van der Waals surface area contributed by atoms with Crippen molar-refractivity contribution in [2.45, 2.75) is 25.7 Å². The Balaban J connectivity index is 1.70. The third-order valence-corrected chi connectivity index (χ3v) is 3.38. The van der Waals surface area contributed by atoms with Crippen LogP contribution < -0.4 is 15.2 Å². The Morgan fingerprint density at radius 1 is 1.19 bits per heavy atom. The molecule has 0 amide bonds. The standard InChI is InChI=1S/C16H18N2O3/c1-11(17)16(13-4-6-18-7-5-13)19-9-12-2-3-14-15(8-12)21-10-20-14/h2-8,11,16H,9-10,17H2,1H3. The summed E-state index contributed by atoms with van der Waals surface area (Å²) >= 11 is 0. The van der Waals surface area contributed by atoms with E-state index in [1.807, 2.05) is 37.3 Å². The number of nitrogens with zero attached hydrogens (tertiary/aromatic N) is 1. The molecule has 0 fully saturated rings. The van der Waals surface area contributed by atoms with Crippen LogP contribution in [0.15, 0.2) is 42.7 Å². The number of aromatic nitrogens is 1. The van der Waals surface area contributed by atoms with Gasteiger partial charge in [-0.25, -0.2) is 0 Å². The summed E-state index contributed by atoms with van der Waals surface area (Å²) in [5.74, 6) is 1.54. The van der Waals surface area contributed by atoms with Gasteiger partial charge in [-0.3, -0.25) is 4.98 Å². The summed E-state index contributed by atoms with van der Waals surface area (Å²) in [4.78, 5) is 4.02. The van der Waals surface area contributed by atoms with E-state index in [4.69, 9.17) is 19.9 Å². The quantitative estimate of drug-likeness (QED) is 0.914. The van der Waals surface area contributed by atoms with Crippen molar-refractivity contribution in [3.05, 3.63) is 53.9 Å². The Morgan fingerprint density at radius 3 is 2.71 bits per heavy atom. The van der Waals surface area contributed by atoms with E-state index in [0.29, 0.717) is 6.61 Å². The van der Waals surface area contributed by atoms with Gasteiger partial charge in [0.15, 0.2) is 11.5 Å². The van der Waals surface area contributed by atoms with E-state index in [9.17, 15) is 0 Å². The van der Waals surface area contributed by atoms with E-state index in [1.165, 1.54) is 0 Å². The Bertz CT molecular complexity index is 602. The molecule has 1 aliphatic rings. The molecule has 5 heteroatoms. The number of ether oxygens (including phenoxy) is 3. The molecular weight excluding hydrogens is 268 g/mol. The van der Waals surface area contributed by atoms with Crippen molar-refractivity contribution >= 4 is 0 Å². The number of nitrogens with two attached hydrogens (primary N) is 1. The minimum atomic E-state index is -0.168. The predicted octanol–water partition coefficient (Wildman–Crippen LogP) is 2.42. The molecular formula is C16H18N2O3. The van der Waals surface area contributed by atoms with Crippen molar-refractivity contribution in [1.29, 1.82) is 0 Å². The van der Waals surface area contributed by atoms with Crippen LogP contribution in [0, 0.1) is 0 Å². The first-order chi connectivity index (χ1) is 10.2. The molecule has 5 nitrogen and oxygen atoms in total. The lowest BCUT2D eigenvalue weighted by molar-refractivity contribution is 0.0258. The van der Waals surface area contributed by atoms with Crippen LogP contribution in [0.4, 0.5) is 0 Å². The summed E-state index contributed by atoms with van der Waals surface area (Å²) in [5.41, 5.74) is 8.09. The predicted molar refractivity (Wildman–Crippen MR) is 78.0 cm³/mol. The van der Waals surface area contributed by atoms with Gasteiger partial charge in [0, 0.05) is 18.4 Å². The average molecular weight is 286 g/mol. The molecule has 1 aromatic carbocycles. The van der Waals surface area contributed by atoms with Crippen molar-refractivity contribution in [2.75, 3.05) is 6.79 Å². The summed E-state index contributed by atoms with van der Waals surface area (Å²) in [6, 6.07) is 9.54. The largest absolute Gasteiger partial charge is 0.454 e. The zero-order valence-electron chi connectivity index (χ0n) is 11.9. The third kappa shape index (κ3) is 3.15. The SMILES string of the molecule is CC(N)C(OCc1ccc2c(c1)OCO2)c1ccncc1. The first-order valence-corrected chi connectivity index (χ1v) is 6.89. The first kappa shape index (κ1) is 13.9. The van der Waals surface area contributed by atoms with E-state index < -0.39 is 0 Å². The van der Waals surface area contributed by atoms with Gasteiger partial charge in [-0.1, -0.05) is 6.07 Å². The average Bonchev–Trinajstić information content (AvgIpc) is 2.96. The number of hydrogen-bond acceptors (Lipinski definition) is 5. The lowest BCUT2D eigenvalue weighted by atomic mass is 10.1. The van der Waals surface area contributed by atoms with Crippen molar-refractivity contribution in [2.24, 2.45) is 5.73 Å². The lowest BCUT2D eigenvalue weighted by Crippen LogP contribution is -2.26. The van der Waals surface area contributed by atoms with E-state index >= 15 is 0 Å². The van der Waals surface area contributed by atoms with Crippen LogP contribution in [0.25, 0.3) is 0 Å². The van der Waals surface area contributed by atoms with E-state index in [-0.39, 0.29) is 18.9 Å². The highest BCUT2D eigenvalue weighted by atomic mass is 16.7. The zero-order chi connectivity index (χ0) is 14.7. The molecule has 2 aromatic rings. The molecule has 0 radical (unpaired) electrons. The molecule has 1 aliphatic heterocycles. The Kier molecular flexibility index (Phi) is 4.03. The monoisotopic (exact) mass is 286 g/mol. The second kappa shape index (κ2) is 6.11. The van der Waals surface area contributed by atoms with Crippen LogP contribution in [-0.2, 0) is 11.3 Å². The highest BCUT2D eigenvalue weighted by molar-refractivity contribution is 5.44. The summed E-state index contributed by atoms with van der Waals surface area (Å²) in [7, 11) is 0. The fourth-order valence-electron chi connectivity index (χ4n) is 2.32. The van der Waals surface area contributed by atoms with Gasteiger partial charge in [0.1, 0.15) is 0 Å². The molecule has 2 N–H and O–H groups in total. The zero-order valence-corrected chi connectivity index (χ0v) is 11.9. The number of benzene rings is 1. The molecule has 0 bridgehead atoms. The van der Waals surface area contributed by atoms with Crippen molar-refractivity contribution in [1.82, 2.24) is 4.98 Å². The van der Waals surface area contributed by atoms with Crippen LogP contribution in [0.5, 0.6) is 11.5 Å². The molecule has 0 saturated heterocycles. The maximum absolute atomic E-state index is 6.03. The molecule has 21 heavy (non-hydrogen) atoms. The van der Waals surface area contributed by atoms with Gasteiger partial charge in [-0.05, 0) is 42.3 Å². The number of hydrogen-bond donors (Lipinski definition) is 1. The Morgan fingerprint density at radius 2 is 1.95 bits per heavy atom. The number of fused-ring (bicyclic) bond motifs is 1. The third-order valence-electron chi connectivity index (χ3n) is 3.38. The molecule has 110 valence electrons. The Labute approximate surface area is 123 Å². The van der Waals surface area contributed by atoms with Crippen LogP contribution in [0.1, 0.15) is 24.2 Å². The maximum atomic E-state index is 6.03. The topological polar surface area (TPSA) is 66.6 Å². The maximum Gasteiger partial charge on any atom is 0.231 e. The lowest BCUT2D eigenvalue weighted by Gasteiger charge is -2.22. The van der Waals surface area contributed by atoms with Crippen LogP contribution in [0.3, 0.4) is 0 Å². The summed E-state index contributed by atoms with van der Waals surface area (Å²) < 4.78 is 16.7. The molecule has 0 spiro atoms. The smallest absolute Gasteiger partial charge is 0.231 e. The summed E-state index contributed by atoms with van der Waals surface area (Å²) in [6.07, 6.45) is 3.32. The Hall–Kier alpha value is -2.11. The molecule has 3 rings (SSSR count). The summed E-state index contributed by atoms with van der Waals surface area (Å²) in [6.45, 7) is 2.68. The molecule has 0 aliphatic carbocycles. The van der Waals surface area contributed by atoms with Gasteiger partial charge in [0.25, 0.3) is 0 Å². The van der Waals surface area contributed by atoms with E-state index in [2.05, 4.69) is 4.98 Å². The van der Waals surface area contributed by atoms with Gasteiger partial charge in [0.05, 0.1) is 12.7 Å². The van der Waals surface area contributed by atoms with Crippen molar-refractivity contribution in [3.8, 4) is 11.5 Å². The minimum absolute atomic E-state index is 0.110. The summed E-state index contributed by atoms with van der Waals surface area (Å²) in [5, 5.41) is 0. The van der Waals surface area contributed by atoms with Gasteiger partial charge in [-0.15, -0.1) is 0 Å².